The van der Waals surface area contributed by atoms with Crippen LogP contribution in [0.5, 0.6) is 0 Å². The predicted octanol–water partition coefficient (Wildman–Crippen LogP) is -0.618. The summed E-state index contributed by atoms with van der Waals surface area (Å²) in [6, 6.07) is 1.74. The van der Waals surface area contributed by atoms with E-state index in [1.54, 1.807) is 6.07 Å². The molecule has 2 atom stereocenters. The van der Waals surface area contributed by atoms with Crippen molar-refractivity contribution in [2.45, 2.75) is 19.4 Å². The van der Waals surface area contributed by atoms with E-state index in [-0.39, 0.29) is 0 Å². The summed E-state index contributed by atoms with van der Waals surface area (Å²) >= 11 is 0. The summed E-state index contributed by atoms with van der Waals surface area (Å²) in [6.07, 6.45) is 0. The molecule has 0 spiro atoms. The van der Waals surface area contributed by atoms with Crippen LogP contribution in [-0.4, -0.2) is 16.6 Å². The van der Waals surface area contributed by atoms with E-state index in [4.69, 9.17) is 16.1 Å². The number of carbonyl (C=O) groups excluding carboxylic acids is 1. The summed E-state index contributed by atoms with van der Waals surface area (Å²) in [5.74, 6) is -1.65. The molecule has 0 aromatic carbocycles. The van der Waals surface area contributed by atoms with Crippen molar-refractivity contribution in [2.75, 3.05) is 0 Å². The Hall–Kier alpha value is -1.08. The highest BCUT2D eigenvalue weighted by Gasteiger charge is 2.34. The Morgan fingerprint density at radius 2 is 2.30 bits per heavy atom. The summed E-state index contributed by atoms with van der Waals surface area (Å²) in [7, 11) is 0. The molecule has 0 aliphatic rings. The van der Waals surface area contributed by atoms with Crippen LogP contribution in [0, 0.1) is 17.2 Å². The molecule has 0 bridgehead atoms. The third kappa shape index (κ3) is 1.45. The van der Waals surface area contributed by atoms with Gasteiger partial charge < -0.3 is 10.8 Å². The monoisotopic (exact) mass is 142 g/mol. The molecule has 4 heteroatoms. The first-order chi connectivity index (χ1) is 4.42. The Morgan fingerprint density at radius 1 is 1.90 bits per heavy atom. The van der Waals surface area contributed by atoms with Crippen molar-refractivity contribution < 1.29 is 9.90 Å². The zero-order chi connectivity index (χ0) is 8.36. The Labute approximate surface area is 59.3 Å². The topological polar surface area (TPSA) is 87.1 Å². The van der Waals surface area contributed by atoms with E-state index in [1.165, 1.54) is 13.8 Å². The molecule has 0 heterocycles. The third-order valence-corrected chi connectivity index (χ3v) is 1.54. The molecular weight excluding hydrogens is 132 g/mol. The van der Waals surface area contributed by atoms with Crippen LogP contribution in [0.1, 0.15) is 13.8 Å². The van der Waals surface area contributed by atoms with Crippen LogP contribution in [0.3, 0.4) is 0 Å². The minimum absolute atomic E-state index is 0.773. The molecule has 0 saturated carbocycles. The molecule has 10 heavy (non-hydrogen) atoms. The average molecular weight is 142 g/mol. The molecule has 0 aromatic rings. The van der Waals surface area contributed by atoms with Gasteiger partial charge in [0.2, 0.25) is 5.91 Å². The molecule has 1 amide bonds. The van der Waals surface area contributed by atoms with Gasteiger partial charge in [0.15, 0.2) is 5.60 Å². The molecule has 4 nitrogen and oxygen atoms in total. The van der Waals surface area contributed by atoms with Gasteiger partial charge in [-0.2, -0.15) is 5.26 Å². The average Bonchev–Trinajstić information content (AvgIpc) is 1.86. The van der Waals surface area contributed by atoms with Crippen LogP contribution in [-0.2, 0) is 4.79 Å². The molecule has 0 fully saturated rings. The van der Waals surface area contributed by atoms with Crippen molar-refractivity contribution in [3.05, 3.63) is 0 Å². The number of nitrogens with zero attached hydrogens (tertiary/aromatic N) is 1. The van der Waals surface area contributed by atoms with Gasteiger partial charge in [0.25, 0.3) is 0 Å². The number of rotatable bonds is 2. The minimum Gasteiger partial charge on any atom is -0.379 e. The van der Waals surface area contributed by atoms with Crippen molar-refractivity contribution in [3.8, 4) is 6.07 Å². The lowest BCUT2D eigenvalue weighted by Gasteiger charge is -2.20. The Bertz CT molecular complexity index is 181. The zero-order valence-electron chi connectivity index (χ0n) is 5.96. The van der Waals surface area contributed by atoms with Crippen molar-refractivity contribution in [1.29, 1.82) is 5.26 Å². The van der Waals surface area contributed by atoms with Crippen LogP contribution in [0.4, 0.5) is 0 Å². The van der Waals surface area contributed by atoms with Crippen LogP contribution >= 0.6 is 0 Å². The van der Waals surface area contributed by atoms with Crippen LogP contribution in [0.2, 0.25) is 0 Å². The van der Waals surface area contributed by atoms with Gasteiger partial charge in [-0.25, -0.2) is 0 Å². The van der Waals surface area contributed by atoms with Gasteiger partial charge in [-0.05, 0) is 13.8 Å². The van der Waals surface area contributed by atoms with Gasteiger partial charge in [-0.15, -0.1) is 0 Å². The first kappa shape index (κ1) is 8.92. The highest BCUT2D eigenvalue weighted by atomic mass is 16.3. The van der Waals surface area contributed by atoms with Gasteiger partial charge in [-0.1, -0.05) is 0 Å². The Balaban J connectivity index is 4.43. The van der Waals surface area contributed by atoms with E-state index in [0.717, 1.165) is 0 Å². The van der Waals surface area contributed by atoms with Crippen molar-refractivity contribution in [3.63, 3.8) is 0 Å². The number of nitriles is 1. The summed E-state index contributed by atoms with van der Waals surface area (Å²) in [5, 5.41) is 17.5. The maximum atomic E-state index is 10.4. The highest BCUT2D eigenvalue weighted by Crippen LogP contribution is 2.14. The fourth-order valence-corrected chi connectivity index (χ4v) is 0.339. The SMILES string of the molecule is CC(C#N)C(C)(O)C(N)=O. The molecule has 3 N–H and O–H groups in total. The van der Waals surface area contributed by atoms with Gasteiger partial charge in [0.05, 0.1) is 12.0 Å². The summed E-state index contributed by atoms with van der Waals surface area (Å²) in [6.45, 7) is 2.66. The van der Waals surface area contributed by atoms with Crippen molar-refractivity contribution >= 4 is 5.91 Å². The lowest BCUT2D eigenvalue weighted by molar-refractivity contribution is -0.137. The first-order valence-corrected chi connectivity index (χ1v) is 2.84. The number of hydrogen-bond acceptors (Lipinski definition) is 3. The van der Waals surface area contributed by atoms with Crippen LogP contribution in [0.25, 0.3) is 0 Å². The zero-order valence-corrected chi connectivity index (χ0v) is 5.96. The lowest BCUT2D eigenvalue weighted by Crippen LogP contribution is -2.45. The summed E-state index contributed by atoms with van der Waals surface area (Å²) in [5.41, 5.74) is 3.09. The molecule has 56 valence electrons. The fourth-order valence-electron chi connectivity index (χ4n) is 0.339. The number of carbonyl (C=O) groups is 1. The second-order valence-electron chi connectivity index (χ2n) is 2.36. The van der Waals surface area contributed by atoms with E-state index < -0.39 is 17.4 Å². The number of hydrogen-bond donors (Lipinski definition) is 2. The molecule has 0 rings (SSSR count). The maximum Gasteiger partial charge on any atom is 0.250 e. The second kappa shape index (κ2) is 2.67. The van der Waals surface area contributed by atoms with E-state index in [1.807, 2.05) is 0 Å². The molecule has 0 aliphatic heterocycles. The molecular formula is C6H10N2O2. The molecule has 0 radical (unpaired) electrons. The Kier molecular flexibility index (Phi) is 2.38. The molecule has 0 saturated heterocycles. The van der Waals surface area contributed by atoms with Crippen LogP contribution in [0.15, 0.2) is 0 Å². The number of aliphatic hydroxyl groups is 1. The lowest BCUT2D eigenvalue weighted by atomic mass is 9.92. The maximum absolute atomic E-state index is 10.4. The normalized spacial score (nSPS) is 18.6. The van der Waals surface area contributed by atoms with Gasteiger partial charge in [-0.3, -0.25) is 4.79 Å². The number of nitrogens with two attached hydrogens (primary N) is 1. The van der Waals surface area contributed by atoms with Gasteiger partial charge in [0.1, 0.15) is 0 Å². The molecule has 0 aromatic heterocycles. The van der Waals surface area contributed by atoms with Crippen molar-refractivity contribution in [1.82, 2.24) is 0 Å². The van der Waals surface area contributed by atoms with E-state index in [9.17, 15) is 4.79 Å². The predicted molar refractivity (Wildman–Crippen MR) is 34.6 cm³/mol. The fraction of sp³-hybridized carbons (Fsp3) is 0.667. The summed E-state index contributed by atoms with van der Waals surface area (Å²) < 4.78 is 0. The van der Waals surface area contributed by atoms with Crippen molar-refractivity contribution in [2.24, 2.45) is 11.7 Å². The highest BCUT2D eigenvalue weighted by molar-refractivity contribution is 5.83. The molecule has 0 aliphatic carbocycles. The summed E-state index contributed by atoms with van der Waals surface area (Å²) in [4.78, 5) is 10.4. The molecule has 2 unspecified atom stereocenters. The van der Waals surface area contributed by atoms with E-state index >= 15 is 0 Å². The Morgan fingerprint density at radius 3 is 2.40 bits per heavy atom. The first-order valence-electron chi connectivity index (χ1n) is 2.84. The smallest absolute Gasteiger partial charge is 0.250 e. The quantitative estimate of drug-likeness (QED) is 0.538. The second-order valence-corrected chi connectivity index (χ2v) is 2.36. The number of amides is 1. The van der Waals surface area contributed by atoms with E-state index in [2.05, 4.69) is 0 Å². The minimum atomic E-state index is -1.71. The van der Waals surface area contributed by atoms with Crippen LogP contribution < -0.4 is 5.73 Å². The largest absolute Gasteiger partial charge is 0.379 e. The standard InChI is InChI=1S/C6H10N2O2/c1-4(3-7)6(2,10)5(8)9/h4,10H,1-2H3,(H2,8,9). The number of primary amides is 1. The third-order valence-electron chi connectivity index (χ3n) is 1.54. The van der Waals surface area contributed by atoms with E-state index in [0.29, 0.717) is 0 Å². The van der Waals surface area contributed by atoms with Gasteiger partial charge >= 0.3 is 0 Å². The van der Waals surface area contributed by atoms with Gasteiger partial charge in [0, 0.05) is 0 Å².